The molecule has 8 heteroatoms. The molecule has 0 saturated carbocycles. The lowest BCUT2D eigenvalue weighted by molar-refractivity contribution is 0.832. The largest absolute Gasteiger partial charge is 0.337 e. The molecule has 0 aliphatic carbocycles. The number of pyridine rings is 1. The Bertz CT molecular complexity index is 1230. The van der Waals surface area contributed by atoms with E-state index in [0.29, 0.717) is 11.5 Å². The number of nitrogens with one attached hydrogen (secondary N) is 1. The third-order valence-electron chi connectivity index (χ3n) is 4.22. The summed E-state index contributed by atoms with van der Waals surface area (Å²) in [5, 5.41) is 8.42. The fourth-order valence-electron chi connectivity index (χ4n) is 3.03. The molecule has 0 atom stereocenters. The van der Waals surface area contributed by atoms with Crippen LogP contribution in [0.3, 0.4) is 0 Å². The van der Waals surface area contributed by atoms with Crippen molar-refractivity contribution in [2.45, 2.75) is 0 Å². The first-order valence-electron chi connectivity index (χ1n) is 8.02. The van der Waals surface area contributed by atoms with Gasteiger partial charge in [0.25, 0.3) is 0 Å². The number of nitrogens with two attached hydrogens (primary N) is 1. The summed E-state index contributed by atoms with van der Waals surface area (Å²) in [7, 11) is 0. The highest BCUT2D eigenvalue weighted by atomic mass is 15.5. The van der Waals surface area contributed by atoms with Gasteiger partial charge in [-0.25, -0.2) is 9.97 Å². The van der Waals surface area contributed by atoms with Gasteiger partial charge in [-0.3, -0.25) is 9.38 Å². The lowest BCUT2D eigenvalue weighted by Crippen LogP contribution is -2.07. The molecule has 0 fully saturated rings. The molecule has 26 heavy (non-hydrogen) atoms. The number of fused-ring (bicyclic) bond motifs is 2. The zero-order valence-corrected chi connectivity index (χ0v) is 13.6. The third-order valence-corrected chi connectivity index (χ3v) is 4.22. The number of benzene rings is 1. The predicted octanol–water partition coefficient (Wildman–Crippen LogP) is 2.60. The Labute approximate surface area is 147 Å². The zero-order chi connectivity index (χ0) is 17.5. The molecule has 3 N–H and O–H groups in total. The van der Waals surface area contributed by atoms with Crippen LogP contribution in [-0.2, 0) is 0 Å². The highest BCUT2D eigenvalue weighted by molar-refractivity contribution is 5.93. The Kier molecular flexibility index (Phi) is 3.08. The molecular formula is C18H14N8. The van der Waals surface area contributed by atoms with Crippen LogP contribution in [0.2, 0.25) is 0 Å². The SMILES string of the molecule is Nn1cc(-c2cnc3c(Nc4cccc5ncccc45)nccn23)cn1. The van der Waals surface area contributed by atoms with E-state index in [2.05, 4.69) is 25.4 Å². The predicted molar refractivity (Wildman–Crippen MR) is 99.4 cm³/mol. The van der Waals surface area contributed by atoms with E-state index >= 15 is 0 Å². The first-order valence-corrected chi connectivity index (χ1v) is 8.02. The molecule has 0 spiro atoms. The smallest absolute Gasteiger partial charge is 0.180 e. The van der Waals surface area contributed by atoms with Gasteiger partial charge < -0.3 is 11.2 Å². The van der Waals surface area contributed by atoms with Gasteiger partial charge in [-0.15, -0.1) is 0 Å². The van der Waals surface area contributed by atoms with Crippen LogP contribution in [0.4, 0.5) is 11.5 Å². The van der Waals surface area contributed by atoms with Gasteiger partial charge in [0.05, 0.1) is 29.8 Å². The van der Waals surface area contributed by atoms with E-state index in [9.17, 15) is 0 Å². The second-order valence-electron chi connectivity index (χ2n) is 5.82. The van der Waals surface area contributed by atoms with Gasteiger partial charge in [0, 0.05) is 35.2 Å². The number of hydrogen-bond acceptors (Lipinski definition) is 6. The topological polar surface area (TPSA) is 99.0 Å². The van der Waals surface area contributed by atoms with E-state index in [0.717, 1.165) is 27.8 Å². The van der Waals surface area contributed by atoms with E-state index in [1.54, 1.807) is 31.0 Å². The van der Waals surface area contributed by atoms with E-state index in [1.807, 2.05) is 40.9 Å². The lowest BCUT2D eigenvalue weighted by atomic mass is 10.2. The maximum atomic E-state index is 5.66. The van der Waals surface area contributed by atoms with Gasteiger partial charge in [-0.05, 0) is 24.3 Å². The third kappa shape index (κ3) is 2.24. The minimum Gasteiger partial charge on any atom is -0.337 e. The van der Waals surface area contributed by atoms with E-state index < -0.39 is 0 Å². The van der Waals surface area contributed by atoms with Crippen LogP contribution in [0, 0.1) is 0 Å². The second-order valence-corrected chi connectivity index (χ2v) is 5.82. The molecule has 0 aliphatic rings. The Morgan fingerprint density at radius 3 is 2.81 bits per heavy atom. The zero-order valence-electron chi connectivity index (χ0n) is 13.6. The summed E-state index contributed by atoms with van der Waals surface area (Å²) in [5.74, 6) is 6.32. The molecule has 0 bridgehead atoms. The highest BCUT2D eigenvalue weighted by Gasteiger charge is 2.12. The van der Waals surface area contributed by atoms with Crippen molar-refractivity contribution in [2.75, 3.05) is 11.2 Å². The number of rotatable bonds is 3. The van der Waals surface area contributed by atoms with Crippen molar-refractivity contribution in [1.82, 2.24) is 29.2 Å². The van der Waals surface area contributed by atoms with Crippen molar-refractivity contribution in [3.05, 3.63) is 67.5 Å². The lowest BCUT2D eigenvalue weighted by Gasteiger charge is -2.09. The Balaban J connectivity index is 1.62. The van der Waals surface area contributed by atoms with Crippen molar-refractivity contribution in [3.8, 4) is 11.3 Å². The number of hydrogen-bond donors (Lipinski definition) is 2. The van der Waals surface area contributed by atoms with Gasteiger partial charge >= 0.3 is 0 Å². The normalized spacial score (nSPS) is 11.2. The number of aromatic nitrogens is 6. The summed E-state index contributed by atoms with van der Waals surface area (Å²) in [5.41, 5.74) is 4.33. The Morgan fingerprint density at radius 2 is 1.92 bits per heavy atom. The van der Waals surface area contributed by atoms with Gasteiger partial charge in [0.15, 0.2) is 11.5 Å². The van der Waals surface area contributed by atoms with Crippen LogP contribution in [0.25, 0.3) is 27.8 Å². The maximum absolute atomic E-state index is 5.66. The van der Waals surface area contributed by atoms with E-state index in [1.165, 1.54) is 4.79 Å². The van der Waals surface area contributed by atoms with Crippen LogP contribution in [0.5, 0.6) is 0 Å². The average molecular weight is 342 g/mol. The molecule has 0 saturated heterocycles. The van der Waals surface area contributed by atoms with Gasteiger partial charge in [0.1, 0.15) is 0 Å². The van der Waals surface area contributed by atoms with Crippen molar-refractivity contribution in [1.29, 1.82) is 0 Å². The molecule has 5 aromatic rings. The second kappa shape index (κ2) is 5.55. The molecule has 1 aromatic carbocycles. The fraction of sp³-hybridized carbons (Fsp3) is 0. The van der Waals surface area contributed by atoms with Gasteiger partial charge in [-0.1, -0.05) is 6.07 Å². The van der Waals surface area contributed by atoms with Gasteiger partial charge in [-0.2, -0.15) is 9.89 Å². The molecule has 0 unspecified atom stereocenters. The molecule has 0 aliphatic heterocycles. The summed E-state index contributed by atoms with van der Waals surface area (Å²) in [6.07, 6.45) is 10.6. The molecule has 4 heterocycles. The molecule has 4 aromatic heterocycles. The van der Waals surface area contributed by atoms with Gasteiger partial charge in [0.2, 0.25) is 0 Å². The molecule has 5 rings (SSSR count). The molecule has 0 amide bonds. The molecule has 8 nitrogen and oxygen atoms in total. The minimum absolute atomic E-state index is 0.662. The first kappa shape index (κ1) is 14.4. The van der Waals surface area contributed by atoms with Crippen molar-refractivity contribution >= 4 is 28.1 Å². The number of imidazole rings is 1. The van der Waals surface area contributed by atoms with E-state index in [-0.39, 0.29) is 0 Å². The van der Waals surface area contributed by atoms with Crippen LogP contribution in [0.1, 0.15) is 0 Å². The van der Waals surface area contributed by atoms with Crippen LogP contribution < -0.4 is 11.2 Å². The number of nitrogens with zero attached hydrogens (tertiary/aromatic N) is 6. The summed E-state index contributed by atoms with van der Waals surface area (Å²) in [4.78, 5) is 14.7. The monoisotopic (exact) mass is 342 g/mol. The maximum Gasteiger partial charge on any atom is 0.180 e. The number of anilines is 2. The molecular weight excluding hydrogens is 328 g/mol. The first-order chi connectivity index (χ1) is 12.8. The Hall–Kier alpha value is -3.94. The number of nitrogen functional groups attached to an aromatic ring is 1. The Morgan fingerprint density at radius 1 is 0.962 bits per heavy atom. The van der Waals surface area contributed by atoms with Crippen LogP contribution >= 0.6 is 0 Å². The minimum atomic E-state index is 0.662. The summed E-state index contributed by atoms with van der Waals surface area (Å²) in [6, 6.07) is 9.88. The van der Waals surface area contributed by atoms with Crippen molar-refractivity contribution in [2.24, 2.45) is 0 Å². The van der Waals surface area contributed by atoms with E-state index in [4.69, 9.17) is 5.84 Å². The summed E-state index contributed by atoms with van der Waals surface area (Å²) in [6.45, 7) is 0. The van der Waals surface area contributed by atoms with Crippen LogP contribution in [0.15, 0.2) is 67.5 Å². The highest BCUT2D eigenvalue weighted by Crippen LogP contribution is 2.28. The average Bonchev–Trinajstić information content (AvgIpc) is 3.28. The standard InChI is InChI=1S/C18H14N8/c19-26-11-12(9-23-26)16-10-22-18-17(21-7-8-25(16)18)24-15-5-1-4-14-13(15)3-2-6-20-14/h1-11H,19H2,(H,21,24). The fourth-order valence-corrected chi connectivity index (χ4v) is 3.03. The summed E-state index contributed by atoms with van der Waals surface area (Å²) < 4.78 is 1.95. The van der Waals surface area contributed by atoms with Crippen molar-refractivity contribution < 1.29 is 0 Å². The molecule has 0 radical (unpaired) electrons. The van der Waals surface area contributed by atoms with Crippen LogP contribution in [-0.4, -0.2) is 29.2 Å². The quantitative estimate of drug-likeness (QED) is 0.489. The summed E-state index contributed by atoms with van der Waals surface area (Å²) >= 11 is 0. The van der Waals surface area contributed by atoms with Crippen molar-refractivity contribution in [3.63, 3.8) is 0 Å². The molecule has 126 valence electrons.